The second kappa shape index (κ2) is 6.29. The molecule has 1 N–H and O–H groups in total. The summed E-state index contributed by atoms with van der Waals surface area (Å²) in [5.41, 5.74) is 0.935. The Bertz CT molecular complexity index is 424. The summed E-state index contributed by atoms with van der Waals surface area (Å²) in [6.07, 6.45) is 0.189. The molecule has 0 amide bonds. The van der Waals surface area contributed by atoms with E-state index in [2.05, 4.69) is 15.9 Å². The molecule has 1 rings (SSSR count). The average Bonchev–Trinajstić information content (AvgIpc) is 2.26. The van der Waals surface area contributed by atoms with E-state index in [4.69, 9.17) is 0 Å². The molecule has 2 atom stereocenters. The lowest BCUT2D eigenvalue weighted by Gasteiger charge is -2.24. The van der Waals surface area contributed by atoms with Gasteiger partial charge in [0.1, 0.15) is 0 Å². The maximum absolute atomic E-state index is 10.9. The number of halogens is 1. The van der Waals surface area contributed by atoms with Gasteiger partial charge in [-0.05, 0) is 46.7 Å². The summed E-state index contributed by atoms with van der Waals surface area (Å²) in [6, 6.07) is 5.01. The van der Waals surface area contributed by atoms with Gasteiger partial charge >= 0.3 is 0 Å². The van der Waals surface area contributed by atoms with Gasteiger partial charge in [0.25, 0.3) is 5.69 Å². The summed E-state index contributed by atoms with van der Waals surface area (Å²) in [5, 5.41) is 20.6. The summed E-state index contributed by atoms with van der Waals surface area (Å²) in [4.78, 5) is 10.5. The molecule has 18 heavy (non-hydrogen) atoms. The van der Waals surface area contributed by atoms with Crippen molar-refractivity contribution in [1.82, 2.24) is 0 Å². The van der Waals surface area contributed by atoms with Crippen molar-refractivity contribution in [3.8, 4) is 0 Å². The molecule has 0 aromatic heterocycles. The molecular weight excluding hydrogens is 298 g/mol. The third kappa shape index (κ3) is 3.53. The number of nitro benzene ring substituents is 1. The first kappa shape index (κ1) is 15.1. The molecule has 100 valence electrons. The van der Waals surface area contributed by atoms with Crippen LogP contribution >= 0.6 is 15.9 Å². The van der Waals surface area contributed by atoms with Crippen molar-refractivity contribution in [3.05, 3.63) is 38.3 Å². The molecule has 0 spiro atoms. The fourth-order valence-electron chi connectivity index (χ4n) is 2.08. The van der Waals surface area contributed by atoms with Gasteiger partial charge in [-0.3, -0.25) is 10.1 Å². The normalized spacial score (nSPS) is 14.6. The van der Waals surface area contributed by atoms with Crippen molar-refractivity contribution in [1.29, 1.82) is 0 Å². The molecule has 4 nitrogen and oxygen atoms in total. The number of nitro groups is 1. The van der Waals surface area contributed by atoms with Crippen molar-refractivity contribution in [2.24, 2.45) is 11.8 Å². The highest BCUT2D eigenvalue weighted by molar-refractivity contribution is 9.10. The average molecular weight is 316 g/mol. The van der Waals surface area contributed by atoms with Gasteiger partial charge in [-0.15, -0.1) is 0 Å². The van der Waals surface area contributed by atoms with E-state index in [1.54, 1.807) is 13.0 Å². The second-order valence-electron chi connectivity index (χ2n) is 4.86. The molecule has 0 aliphatic heterocycles. The number of nitrogens with zero attached hydrogens (tertiary/aromatic N) is 1. The quantitative estimate of drug-likeness (QED) is 0.667. The monoisotopic (exact) mass is 315 g/mol. The summed E-state index contributed by atoms with van der Waals surface area (Å²) < 4.78 is 0.515. The summed E-state index contributed by atoms with van der Waals surface area (Å²) in [5.74, 6) is 0.402. The highest BCUT2D eigenvalue weighted by atomic mass is 79.9. The summed E-state index contributed by atoms with van der Waals surface area (Å²) >= 11 is 3.29. The maximum Gasteiger partial charge on any atom is 0.283 e. The minimum absolute atomic E-state index is 0.0700. The number of benzene rings is 1. The number of hydrogen-bond acceptors (Lipinski definition) is 3. The highest BCUT2D eigenvalue weighted by Gasteiger charge is 2.23. The molecule has 2 unspecified atom stereocenters. The molecule has 0 heterocycles. The van der Waals surface area contributed by atoms with Crippen LogP contribution in [0.3, 0.4) is 0 Å². The first-order valence-corrected chi connectivity index (χ1v) is 6.73. The van der Waals surface area contributed by atoms with Crippen molar-refractivity contribution in [2.45, 2.75) is 33.3 Å². The number of aliphatic hydroxyl groups excluding tert-OH is 1. The van der Waals surface area contributed by atoms with Crippen LogP contribution in [-0.2, 0) is 6.42 Å². The van der Waals surface area contributed by atoms with Crippen LogP contribution in [0.4, 0.5) is 5.69 Å². The molecule has 5 heteroatoms. The Morgan fingerprint density at radius 1 is 1.39 bits per heavy atom. The molecule has 0 saturated heterocycles. The van der Waals surface area contributed by atoms with Crippen LogP contribution in [-0.4, -0.2) is 16.1 Å². The maximum atomic E-state index is 10.9. The van der Waals surface area contributed by atoms with Gasteiger partial charge in [-0.1, -0.05) is 26.0 Å². The first-order chi connectivity index (χ1) is 8.34. The molecule has 1 aromatic carbocycles. The zero-order valence-corrected chi connectivity index (χ0v) is 12.3. The Kier molecular flexibility index (Phi) is 5.28. The Morgan fingerprint density at radius 3 is 2.44 bits per heavy atom. The molecule has 0 radical (unpaired) electrons. The molecule has 0 saturated carbocycles. The third-order valence-corrected chi connectivity index (χ3v) is 4.10. The zero-order chi connectivity index (χ0) is 13.9. The van der Waals surface area contributed by atoms with E-state index in [9.17, 15) is 15.2 Å². The predicted octanol–water partition coefficient (Wildman–Crippen LogP) is 3.55. The molecule has 0 aliphatic carbocycles. The fraction of sp³-hybridized carbons (Fsp3) is 0.538. The largest absolute Gasteiger partial charge is 0.393 e. The first-order valence-electron chi connectivity index (χ1n) is 5.94. The fourth-order valence-corrected chi connectivity index (χ4v) is 2.65. The third-order valence-electron chi connectivity index (χ3n) is 3.19. The standard InChI is InChI=1S/C13H18BrNO3/c1-8(2)11(9(3)16)7-10-5-4-6-12(13(10)14)15(17)18/h4-6,8-9,11,16H,7H2,1-3H3. The van der Waals surface area contributed by atoms with Gasteiger partial charge in [0.05, 0.1) is 15.5 Å². The van der Waals surface area contributed by atoms with E-state index in [0.29, 0.717) is 16.8 Å². The smallest absolute Gasteiger partial charge is 0.283 e. The van der Waals surface area contributed by atoms with E-state index < -0.39 is 11.0 Å². The number of aliphatic hydroxyl groups is 1. The Labute approximate surface area is 115 Å². The van der Waals surface area contributed by atoms with Crippen LogP contribution in [0, 0.1) is 22.0 Å². The Hall–Kier alpha value is -0.940. The lowest BCUT2D eigenvalue weighted by Crippen LogP contribution is -2.24. The van der Waals surface area contributed by atoms with Crippen LogP contribution in [0.2, 0.25) is 0 Å². The van der Waals surface area contributed by atoms with Crippen molar-refractivity contribution in [3.63, 3.8) is 0 Å². The van der Waals surface area contributed by atoms with Crippen LogP contribution in [0.25, 0.3) is 0 Å². The van der Waals surface area contributed by atoms with E-state index in [1.807, 2.05) is 19.9 Å². The lowest BCUT2D eigenvalue weighted by atomic mass is 9.85. The van der Waals surface area contributed by atoms with E-state index in [0.717, 1.165) is 5.56 Å². The highest BCUT2D eigenvalue weighted by Crippen LogP contribution is 2.31. The van der Waals surface area contributed by atoms with Gasteiger partial charge in [0.2, 0.25) is 0 Å². The van der Waals surface area contributed by atoms with E-state index in [-0.39, 0.29) is 11.6 Å². The minimum Gasteiger partial charge on any atom is -0.393 e. The van der Waals surface area contributed by atoms with Crippen LogP contribution in [0.5, 0.6) is 0 Å². The molecule has 0 fully saturated rings. The van der Waals surface area contributed by atoms with Crippen LogP contribution in [0.15, 0.2) is 22.7 Å². The Morgan fingerprint density at radius 2 is 2.00 bits per heavy atom. The topological polar surface area (TPSA) is 63.4 Å². The number of hydrogen-bond donors (Lipinski definition) is 1. The lowest BCUT2D eigenvalue weighted by molar-refractivity contribution is -0.385. The van der Waals surface area contributed by atoms with E-state index in [1.165, 1.54) is 6.07 Å². The molecule has 0 aliphatic rings. The SMILES string of the molecule is CC(C)C(Cc1cccc([N+](=O)[O-])c1Br)C(C)O. The molecule has 1 aromatic rings. The minimum atomic E-state index is -0.434. The molecular formula is C13H18BrNO3. The predicted molar refractivity (Wildman–Crippen MR) is 74.5 cm³/mol. The summed E-state index contributed by atoms with van der Waals surface area (Å²) in [7, 11) is 0. The zero-order valence-electron chi connectivity index (χ0n) is 10.8. The van der Waals surface area contributed by atoms with Crippen LogP contribution < -0.4 is 0 Å². The van der Waals surface area contributed by atoms with Gasteiger partial charge in [0.15, 0.2) is 0 Å². The van der Waals surface area contributed by atoms with Gasteiger partial charge in [-0.25, -0.2) is 0 Å². The van der Waals surface area contributed by atoms with Crippen molar-refractivity contribution >= 4 is 21.6 Å². The van der Waals surface area contributed by atoms with Gasteiger partial charge < -0.3 is 5.11 Å². The summed E-state index contributed by atoms with van der Waals surface area (Å²) in [6.45, 7) is 5.85. The van der Waals surface area contributed by atoms with Gasteiger partial charge in [-0.2, -0.15) is 0 Å². The van der Waals surface area contributed by atoms with Gasteiger partial charge in [0, 0.05) is 6.07 Å². The van der Waals surface area contributed by atoms with Crippen molar-refractivity contribution in [2.75, 3.05) is 0 Å². The molecule has 0 bridgehead atoms. The van der Waals surface area contributed by atoms with Crippen molar-refractivity contribution < 1.29 is 10.0 Å². The van der Waals surface area contributed by atoms with Crippen LogP contribution in [0.1, 0.15) is 26.3 Å². The Balaban J connectivity index is 3.04. The van der Waals surface area contributed by atoms with E-state index >= 15 is 0 Å². The second-order valence-corrected chi connectivity index (χ2v) is 5.65. The number of rotatable bonds is 5.